The Kier molecular flexibility index (Phi) is 3.58. The van der Waals surface area contributed by atoms with E-state index in [1.54, 1.807) is 0 Å². The van der Waals surface area contributed by atoms with E-state index < -0.39 is 0 Å². The average molecular weight is 194 g/mol. The highest BCUT2D eigenvalue weighted by Gasteiger charge is 2.17. The third-order valence-corrected chi connectivity index (χ3v) is 2.40. The fourth-order valence-corrected chi connectivity index (χ4v) is 1.48. The molecule has 0 radical (unpaired) electrons. The van der Waals surface area contributed by atoms with Crippen molar-refractivity contribution in [3.8, 4) is 0 Å². The SMILES string of the molecule is CCC(O)C(C)c1nc(C)cc(C)n1. The first-order valence-electron chi connectivity index (χ1n) is 5.04. The number of nitrogens with zero attached hydrogens (tertiary/aromatic N) is 2. The zero-order valence-electron chi connectivity index (χ0n) is 9.28. The van der Waals surface area contributed by atoms with Crippen LogP contribution < -0.4 is 0 Å². The first-order valence-corrected chi connectivity index (χ1v) is 5.04. The van der Waals surface area contributed by atoms with Gasteiger partial charge in [0.1, 0.15) is 5.82 Å². The van der Waals surface area contributed by atoms with Gasteiger partial charge in [0.25, 0.3) is 0 Å². The summed E-state index contributed by atoms with van der Waals surface area (Å²) in [5.74, 6) is 0.760. The summed E-state index contributed by atoms with van der Waals surface area (Å²) >= 11 is 0. The Morgan fingerprint density at radius 1 is 1.29 bits per heavy atom. The smallest absolute Gasteiger partial charge is 0.134 e. The van der Waals surface area contributed by atoms with E-state index in [0.717, 1.165) is 23.6 Å². The minimum atomic E-state index is -0.351. The van der Waals surface area contributed by atoms with Crippen LogP contribution in [-0.4, -0.2) is 21.2 Å². The largest absolute Gasteiger partial charge is 0.392 e. The van der Waals surface area contributed by atoms with E-state index in [-0.39, 0.29) is 12.0 Å². The molecule has 0 aromatic carbocycles. The number of hydrogen-bond donors (Lipinski definition) is 1. The average Bonchev–Trinajstić information content (AvgIpc) is 2.14. The van der Waals surface area contributed by atoms with Crippen LogP contribution in [0.5, 0.6) is 0 Å². The predicted octanol–water partition coefficient (Wildman–Crippen LogP) is 1.97. The minimum absolute atomic E-state index is 0.0126. The molecule has 1 heterocycles. The number of rotatable bonds is 3. The first kappa shape index (κ1) is 11.1. The molecule has 3 nitrogen and oxygen atoms in total. The Balaban J connectivity index is 2.94. The summed E-state index contributed by atoms with van der Waals surface area (Å²) in [6.07, 6.45) is 0.383. The molecule has 1 rings (SSSR count). The van der Waals surface area contributed by atoms with Crippen LogP contribution in [0.4, 0.5) is 0 Å². The van der Waals surface area contributed by atoms with Crippen molar-refractivity contribution in [3.63, 3.8) is 0 Å². The third-order valence-electron chi connectivity index (χ3n) is 2.40. The van der Waals surface area contributed by atoms with E-state index in [1.807, 2.05) is 33.8 Å². The van der Waals surface area contributed by atoms with Gasteiger partial charge in [-0.3, -0.25) is 0 Å². The topological polar surface area (TPSA) is 46.0 Å². The van der Waals surface area contributed by atoms with Crippen LogP contribution in [0.15, 0.2) is 6.07 Å². The van der Waals surface area contributed by atoms with Gasteiger partial charge in [-0.05, 0) is 26.3 Å². The summed E-state index contributed by atoms with van der Waals surface area (Å²) in [5, 5.41) is 9.68. The lowest BCUT2D eigenvalue weighted by Crippen LogP contribution is -2.17. The van der Waals surface area contributed by atoms with Crippen molar-refractivity contribution in [3.05, 3.63) is 23.3 Å². The lowest BCUT2D eigenvalue weighted by atomic mass is 10.0. The highest BCUT2D eigenvalue weighted by molar-refractivity contribution is 5.11. The van der Waals surface area contributed by atoms with E-state index in [0.29, 0.717) is 0 Å². The molecule has 78 valence electrons. The Morgan fingerprint density at radius 2 is 1.79 bits per heavy atom. The van der Waals surface area contributed by atoms with Crippen molar-refractivity contribution >= 4 is 0 Å². The number of aromatic nitrogens is 2. The number of aliphatic hydroxyl groups is 1. The van der Waals surface area contributed by atoms with Gasteiger partial charge in [-0.2, -0.15) is 0 Å². The van der Waals surface area contributed by atoms with Crippen LogP contribution in [-0.2, 0) is 0 Å². The van der Waals surface area contributed by atoms with Crippen molar-refractivity contribution in [1.29, 1.82) is 0 Å². The highest BCUT2D eigenvalue weighted by atomic mass is 16.3. The molecule has 14 heavy (non-hydrogen) atoms. The molecule has 0 aliphatic carbocycles. The molecule has 2 atom stereocenters. The van der Waals surface area contributed by atoms with Crippen molar-refractivity contribution in [2.75, 3.05) is 0 Å². The van der Waals surface area contributed by atoms with E-state index in [9.17, 15) is 5.11 Å². The van der Waals surface area contributed by atoms with E-state index in [1.165, 1.54) is 0 Å². The zero-order valence-corrected chi connectivity index (χ0v) is 9.28. The lowest BCUT2D eigenvalue weighted by Gasteiger charge is -2.16. The second kappa shape index (κ2) is 4.51. The van der Waals surface area contributed by atoms with Crippen LogP contribution >= 0.6 is 0 Å². The molecule has 0 saturated carbocycles. The van der Waals surface area contributed by atoms with E-state index in [2.05, 4.69) is 9.97 Å². The van der Waals surface area contributed by atoms with Crippen LogP contribution in [0.3, 0.4) is 0 Å². The summed E-state index contributed by atoms with van der Waals surface area (Å²) in [6, 6.07) is 1.94. The summed E-state index contributed by atoms with van der Waals surface area (Å²) in [5.41, 5.74) is 1.92. The van der Waals surface area contributed by atoms with Crippen LogP contribution in [0.25, 0.3) is 0 Å². The normalized spacial score (nSPS) is 15.2. The zero-order chi connectivity index (χ0) is 10.7. The second-order valence-corrected chi connectivity index (χ2v) is 3.77. The molecule has 0 amide bonds. The highest BCUT2D eigenvalue weighted by Crippen LogP contribution is 2.17. The standard InChI is InChI=1S/C11H18N2O/c1-5-10(14)9(4)11-12-7(2)6-8(3)13-11/h6,9-10,14H,5H2,1-4H3. The molecule has 0 spiro atoms. The van der Waals surface area contributed by atoms with Gasteiger partial charge in [0, 0.05) is 17.3 Å². The van der Waals surface area contributed by atoms with Crippen molar-refractivity contribution in [2.24, 2.45) is 0 Å². The van der Waals surface area contributed by atoms with Crippen molar-refractivity contribution in [1.82, 2.24) is 9.97 Å². The quantitative estimate of drug-likeness (QED) is 0.800. The number of aryl methyl sites for hydroxylation is 2. The molecule has 0 bridgehead atoms. The second-order valence-electron chi connectivity index (χ2n) is 3.77. The van der Waals surface area contributed by atoms with Gasteiger partial charge in [-0.15, -0.1) is 0 Å². The Labute approximate surface area is 85.2 Å². The van der Waals surface area contributed by atoms with Gasteiger partial charge >= 0.3 is 0 Å². The number of aliphatic hydroxyl groups excluding tert-OH is 1. The monoisotopic (exact) mass is 194 g/mol. The Bertz CT molecular complexity index is 292. The lowest BCUT2D eigenvalue weighted by molar-refractivity contribution is 0.141. The van der Waals surface area contributed by atoms with Crippen LogP contribution in [0, 0.1) is 13.8 Å². The first-order chi connectivity index (χ1) is 6.54. The molecule has 0 aliphatic rings. The van der Waals surface area contributed by atoms with E-state index >= 15 is 0 Å². The molecule has 0 aliphatic heterocycles. The molecule has 2 unspecified atom stereocenters. The summed E-state index contributed by atoms with van der Waals surface area (Å²) in [4.78, 5) is 8.66. The molecule has 1 aromatic heterocycles. The molecule has 0 fully saturated rings. The predicted molar refractivity (Wildman–Crippen MR) is 56.2 cm³/mol. The molecule has 3 heteroatoms. The van der Waals surface area contributed by atoms with Gasteiger partial charge in [0.15, 0.2) is 0 Å². The summed E-state index contributed by atoms with van der Waals surface area (Å²) < 4.78 is 0. The van der Waals surface area contributed by atoms with E-state index in [4.69, 9.17) is 0 Å². The molecule has 1 aromatic rings. The van der Waals surface area contributed by atoms with Crippen molar-refractivity contribution in [2.45, 2.75) is 46.1 Å². The van der Waals surface area contributed by atoms with Gasteiger partial charge < -0.3 is 5.11 Å². The maximum atomic E-state index is 9.68. The van der Waals surface area contributed by atoms with Crippen molar-refractivity contribution < 1.29 is 5.11 Å². The van der Waals surface area contributed by atoms with Crippen LogP contribution in [0.2, 0.25) is 0 Å². The maximum absolute atomic E-state index is 9.68. The number of hydrogen-bond acceptors (Lipinski definition) is 3. The Hall–Kier alpha value is -0.960. The summed E-state index contributed by atoms with van der Waals surface area (Å²) in [7, 11) is 0. The van der Waals surface area contributed by atoms with Gasteiger partial charge in [-0.1, -0.05) is 13.8 Å². The summed E-state index contributed by atoms with van der Waals surface area (Å²) in [6.45, 7) is 7.82. The van der Waals surface area contributed by atoms with Gasteiger partial charge in [0.2, 0.25) is 0 Å². The maximum Gasteiger partial charge on any atom is 0.134 e. The molecule has 0 saturated heterocycles. The van der Waals surface area contributed by atoms with Gasteiger partial charge in [0.05, 0.1) is 6.10 Å². The molecular formula is C11H18N2O. The fourth-order valence-electron chi connectivity index (χ4n) is 1.48. The van der Waals surface area contributed by atoms with Crippen LogP contribution in [0.1, 0.15) is 43.4 Å². The molecular weight excluding hydrogens is 176 g/mol. The van der Waals surface area contributed by atoms with Gasteiger partial charge in [-0.25, -0.2) is 9.97 Å². The molecule has 1 N–H and O–H groups in total. The minimum Gasteiger partial charge on any atom is -0.392 e. The Morgan fingerprint density at radius 3 is 2.21 bits per heavy atom. The fraction of sp³-hybridized carbons (Fsp3) is 0.636. The third kappa shape index (κ3) is 2.51.